The van der Waals surface area contributed by atoms with Crippen LogP contribution < -0.4 is 5.32 Å². The molecule has 2 rings (SSSR count). The van der Waals surface area contributed by atoms with Crippen molar-refractivity contribution in [3.8, 4) is 0 Å². The number of nitrogens with one attached hydrogen (secondary N) is 1. The van der Waals surface area contributed by atoms with Gasteiger partial charge in [-0.1, -0.05) is 40.5 Å². The highest BCUT2D eigenvalue weighted by atomic mass is 14.9. The minimum atomic E-state index is 0.768. The van der Waals surface area contributed by atoms with Crippen LogP contribution in [0.4, 0.5) is 0 Å². The molecule has 0 heterocycles. The molecular weight excluding hydrogens is 230 g/mol. The van der Waals surface area contributed by atoms with Crippen molar-refractivity contribution in [3.63, 3.8) is 0 Å². The zero-order valence-electron chi connectivity index (χ0n) is 13.8. The van der Waals surface area contributed by atoms with Crippen molar-refractivity contribution in [3.05, 3.63) is 0 Å². The molecule has 0 aliphatic heterocycles. The summed E-state index contributed by atoms with van der Waals surface area (Å²) in [6, 6.07) is 0.768. The second kappa shape index (κ2) is 6.61. The van der Waals surface area contributed by atoms with Gasteiger partial charge in [-0.05, 0) is 68.2 Å². The SMILES string of the molecule is CCC(C)C(C)C(C1CC1)C(CC1CCC1C)NC. The van der Waals surface area contributed by atoms with E-state index in [-0.39, 0.29) is 0 Å². The Morgan fingerprint density at radius 1 is 1.11 bits per heavy atom. The van der Waals surface area contributed by atoms with Gasteiger partial charge in [0.2, 0.25) is 0 Å². The second-order valence-corrected chi connectivity index (χ2v) is 7.61. The molecule has 6 unspecified atom stereocenters. The molecule has 2 saturated carbocycles. The lowest BCUT2D eigenvalue weighted by Gasteiger charge is -2.41. The van der Waals surface area contributed by atoms with Crippen LogP contribution in [-0.2, 0) is 0 Å². The van der Waals surface area contributed by atoms with E-state index in [9.17, 15) is 0 Å². The summed E-state index contributed by atoms with van der Waals surface area (Å²) < 4.78 is 0. The highest BCUT2D eigenvalue weighted by Gasteiger charge is 2.42. The Hall–Kier alpha value is -0.0400. The van der Waals surface area contributed by atoms with Gasteiger partial charge in [-0.3, -0.25) is 0 Å². The van der Waals surface area contributed by atoms with Crippen LogP contribution in [0.25, 0.3) is 0 Å². The van der Waals surface area contributed by atoms with E-state index in [2.05, 4.69) is 40.1 Å². The van der Waals surface area contributed by atoms with Gasteiger partial charge < -0.3 is 5.32 Å². The predicted octanol–water partition coefficient (Wildman–Crippen LogP) is 4.72. The van der Waals surface area contributed by atoms with E-state index in [1.165, 1.54) is 38.5 Å². The number of rotatable bonds is 8. The normalized spacial score (nSPS) is 33.3. The van der Waals surface area contributed by atoms with E-state index in [1.807, 2.05) is 0 Å². The van der Waals surface area contributed by atoms with Crippen molar-refractivity contribution in [1.29, 1.82) is 0 Å². The molecular formula is C18H35N. The molecule has 0 radical (unpaired) electrons. The molecule has 0 aromatic rings. The Morgan fingerprint density at radius 3 is 2.16 bits per heavy atom. The second-order valence-electron chi connectivity index (χ2n) is 7.61. The first kappa shape index (κ1) is 15.4. The van der Waals surface area contributed by atoms with Gasteiger partial charge >= 0.3 is 0 Å². The first-order valence-corrected chi connectivity index (χ1v) is 8.75. The lowest BCUT2D eigenvalue weighted by Crippen LogP contribution is -2.43. The van der Waals surface area contributed by atoms with Gasteiger partial charge in [0, 0.05) is 6.04 Å². The summed E-state index contributed by atoms with van der Waals surface area (Å²) in [6.07, 6.45) is 8.69. The molecule has 2 aliphatic carbocycles. The summed E-state index contributed by atoms with van der Waals surface area (Å²) in [4.78, 5) is 0. The van der Waals surface area contributed by atoms with Gasteiger partial charge in [-0.2, -0.15) is 0 Å². The van der Waals surface area contributed by atoms with Gasteiger partial charge in [0.1, 0.15) is 0 Å². The first-order chi connectivity index (χ1) is 9.08. The molecule has 0 saturated heterocycles. The van der Waals surface area contributed by atoms with Crippen molar-refractivity contribution in [2.75, 3.05) is 7.05 Å². The van der Waals surface area contributed by atoms with Crippen molar-refractivity contribution < 1.29 is 0 Å². The van der Waals surface area contributed by atoms with Crippen LogP contribution in [0.2, 0.25) is 0 Å². The molecule has 1 nitrogen and oxygen atoms in total. The quantitative estimate of drug-likeness (QED) is 0.669. The maximum Gasteiger partial charge on any atom is 0.0100 e. The van der Waals surface area contributed by atoms with E-state index < -0.39 is 0 Å². The summed E-state index contributed by atoms with van der Waals surface area (Å²) in [5.41, 5.74) is 0. The summed E-state index contributed by atoms with van der Waals surface area (Å²) in [6.45, 7) is 9.78. The molecule has 0 aromatic heterocycles. The van der Waals surface area contributed by atoms with Crippen molar-refractivity contribution in [2.45, 2.75) is 72.3 Å². The maximum absolute atomic E-state index is 3.70. The van der Waals surface area contributed by atoms with Gasteiger partial charge in [-0.15, -0.1) is 0 Å². The topological polar surface area (TPSA) is 12.0 Å². The Kier molecular flexibility index (Phi) is 5.34. The minimum absolute atomic E-state index is 0.768. The van der Waals surface area contributed by atoms with Crippen molar-refractivity contribution in [2.24, 2.45) is 35.5 Å². The Labute approximate surface area is 120 Å². The predicted molar refractivity (Wildman–Crippen MR) is 84.2 cm³/mol. The van der Waals surface area contributed by atoms with Crippen LogP contribution in [0.1, 0.15) is 66.2 Å². The Bertz CT molecular complexity index is 271. The largest absolute Gasteiger partial charge is 0.317 e. The van der Waals surface area contributed by atoms with Gasteiger partial charge in [0.25, 0.3) is 0 Å². The molecule has 1 heteroatoms. The minimum Gasteiger partial charge on any atom is -0.317 e. The molecule has 0 spiro atoms. The monoisotopic (exact) mass is 265 g/mol. The van der Waals surface area contributed by atoms with E-state index in [1.54, 1.807) is 0 Å². The fourth-order valence-electron chi connectivity index (χ4n) is 4.24. The smallest absolute Gasteiger partial charge is 0.0100 e. The van der Waals surface area contributed by atoms with Gasteiger partial charge in [0.05, 0.1) is 0 Å². The number of hydrogen-bond acceptors (Lipinski definition) is 1. The third-order valence-electron chi connectivity index (χ3n) is 6.50. The van der Waals surface area contributed by atoms with Crippen LogP contribution >= 0.6 is 0 Å². The van der Waals surface area contributed by atoms with Crippen molar-refractivity contribution in [1.82, 2.24) is 5.32 Å². The molecule has 2 aliphatic rings. The van der Waals surface area contributed by atoms with Crippen LogP contribution in [0.15, 0.2) is 0 Å². The fraction of sp³-hybridized carbons (Fsp3) is 1.00. The summed E-state index contributed by atoms with van der Waals surface area (Å²) in [7, 11) is 2.20. The molecule has 0 bridgehead atoms. The van der Waals surface area contributed by atoms with Crippen LogP contribution in [0, 0.1) is 35.5 Å². The Balaban J connectivity index is 1.98. The van der Waals surface area contributed by atoms with E-state index in [4.69, 9.17) is 0 Å². The van der Waals surface area contributed by atoms with E-state index in [0.717, 1.165) is 41.5 Å². The molecule has 2 fully saturated rings. The van der Waals surface area contributed by atoms with Gasteiger partial charge in [-0.25, -0.2) is 0 Å². The summed E-state index contributed by atoms with van der Waals surface area (Å²) in [5.74, 6) is 5.69. The lowest BCUT2D eigenvalue weighted by atomic mass is 9.67. The average molecular weight is 265 g/mol. The first-order valence-electron chi connectivity index (χ1n) is 8.75. The molecule has 0 aromatic carbocycles. The van der Waals surface area contributed by atoms with Crippen molar-refractivity contribution >= 4 is 0 Å². The lowest BCUT2D eigenvalue weighted by molar-refractivity contribution is 0.112. The summed E-state index contributed by atoms with van der Waals surface area (Å²) >= 11 is 0. The highest BCUT2D eigenvalue weighted by molar-refractivity contribution is 4.94. The third-order valence-corrected chi connectivity index (χ3v) is 6.50. The molecule has 19 heavy (non-hydrogen) atoms. The molecule has 6 atom stereocenters. The molecule has 112 valence electrons. The summed E-state index contributed by atoms with van der Waals surface area (Å²) in [5, 5.41) is 3.70. The van der Waals surface area contributed by atoms with Crippen LogP contribution in [0.5, 0.6) is 0 Å². The number of hydrogen-bond donors (Lipinski definition) is 1. The van der Waals surface area contributed by atoms with Gasteiger partial charge in [0.15, 0.2) is 0 Å². The fourth-order valence-corrected chi connectivity index (χ4v) is 4.24. The standard InChI is InChI=1S/C18H35N/c1-6-12(2)14(4)18(15-9-10-15)17(19-5)11-16-8-7-13(16)3/h12-19H,6-11H2,1-5H3. The maximum atomic E-state index is 3.70. The third kappa shape index (κ3) is 3.54. The van der Waals surface area contributed by atoms with E-state index in [0.29, 0.717) is 0 Å². The average Bonchev–Trinajstić information content (AvgIpc) is 3.24. The molecule has 1 N–H and O–H groups in total. The van der Waals surface area contributed by atoms with Crippen LogP contribution in [-0.4, -0.2) is 13.1 Å². The highest BCUT2D eigenvalue weighted by Crippen LogP contribution is 2.47. The van der Waals surface area contributed by atoms with Crippen LogP contribution in [0.3, 0.4) is 0 Å². The Morgan fingerprint density at radius 2 is 1.79 bits per heavy atom. The van der Waals surface area contributed by atoms with E-state index >= 15 is 0 Å². The zero-order valence-corrected chi connectivity index (χ0v) is 13.8. The molecule has 0 amide bonds. The zero-order chi connectivity index (χ0) is 14.0.